The molecule has 1 heterocycles. The van der Waals surface area contributed by atoms with Gasteiger partial charge in [0.1, 0.15) is 11.4 Å². The molecule has 1 N–H and O–H groups in total. The molecule has 0 fully saturated rings. The van der Waals surface area contributed by atoms with E-state index in [1.807, 2.05) is 27.7 Å². The molecule has 0 aliphatic carbocycles. The number of aliphatic carboxylic acids is 1. The SMILES string of the molecule is Cc1ncc(C(=O)N(CC(=O)O)CC(C)(C)C)s1. The Bertz CT molecular complexity index is 448. The Morgan fingerprint density at radius 1 is 1.44 bits per heavy atom. The maximum atomic E-state index is 12.2. The van der Waals surface area contributed by atoms with Crippen LogP contribution in [0.5, 0.6) is 0 Å². The van der Waals surface area contributed by atoms with Crippen LogP contribution in [-0.2, 0) is 4.79 Å². The zero-order valence-electron chi connectivity index (χ0n) is 11.1. The molecule has 5 nitrogen and oxygen atoms in total. The van der Waals surface area contributed by atoms with Crippen LogP contribution < -0.4 is 0 Å². The smallest absolute Gasteiger partial charge is 0.323 e. The van der Waals surface area contributed by atoms with Gasteiger partial charge in [-0.25, -0.2) is 4.98 Å². The molecule has 0 atom stereocenters. The normalized spacial score (nSPS) is 11.3. The van der Waals surface area contributed by atoms with Crippen LogP contribution in [0.15, 0.2) is 6.20 Å². The third kappa shape index (κ3) is 4.44. The molecule has 0 aliphatic heterocycles. The minimum absolute atomic E-state index is 0.148. The van der Waals surface area contributed by atoms with Crippen molar-refractivity contribution >= 4 is 23.2 Å². The van der Waals surface area contributed by atoms with Gasteiger partial charge in [-0.15, -0.1) is 11.3 Å². The maximum Gasteiger partial charge on any atom is 0.323 e. The summed E-state index contributed by atoms with van der Waals surface area (Å²) in [5.41, 5.74) is -0.148. The van der Waals surface area contributed by atoms with E-state index in [4.69, 9.17) is 5.11 Å². The first kappa shape index (κ1) is 14.6. The number of nitrogens with zero attached hydrogens (tertiary/aromatic N) is 2. The summed E-state index contributed by atoms with van der Waals surface area (Å²) in [5.74, 6) is -1.27. The molecule has 100 valence electrons. The van der Waals surface area contributed by atoms with E-state index in [9.17, 15) is 9.59 Å². The minimum Gasteiger partial charge on any atom is -0.480 e. The van der Waals surface area contributed by atoms with Gasteiger partial charge in [0.15, 0.2) is 0 Å². The molecule has 0 aromatic carbocycles. The van der Waals surface area contributed by atoms with Crippen LogP contribution in [0.2, 0.25) is 0 Å². The van der Waals surface area contributed by atoms with E-state index < -0.39 is 5.97 Å². The number of amides is 1. The van der Waals surface area contributed by atoms with Crippen molar-refractivity contribution < 1.29 is 14.7 Å². The van der Waals surface area contributed by atoms with E-state index in [0.717, 1.165) is 5.01 Å². The van der Waals surface area contributed by atoms with Gasteiger partial charge in [-0.2, -0.15) is 0 Å². The van der Waals surface area contributed by atoms with Gasteiger partial charge in [-0.3, -0.25) is 9.59 Å². The first-order valence-electron chi connectivity index (χ1n) is 5.62. The zero-order chi connectivity index (χ0) is 13.9. The first-order valence-corrected chi connectivity index (χ1v) is 6.44. The lowest BCUT2D eigenvalue weighted by molar-refractivity contribution is -0.138. The van der Waals surface area contributed by atoms with E-state index in [2.05, 4.69) is 4.98 Å². The highest BCUT2D eigenvalue weighted by Crippen LogP contribution is 2.19. The van der Waals surface area contributed by atoms with Gasteiger partial charge in [-0.1, -0.05) is 20.8 Å². The van der Waals surface area contributed by atoms with Gasteiger partial charge in [0, 0.05) is 6.54 Å². The van der Waals surface area contributed by atoms with Gasteiger partial charge in [0.2, 0.25) is 0 Å². The molecule has 0 bridgehead atoms. The molecule has 0 spiro atoms. The predicted octanol–water partition coefficient (Wildman–Crippen LogP) is 2.02. The number of carbonyl (C=O) groups is 2. The topological polar surface area (TPSA) is 70.5 Å². The van der Waals surface area contributed by atoms with Crippen LogP contribution in [0.3, 0.4) is 0 Å². The fourth-order valence-electron chi connectivity index (χ4n) is 1.55. The Hall–Kier alpha value is -1.43. The molecule has 0 saturated carbocycles. The molecular weight excluding hydrogens is 252 g/mol. The van der Waals surface area contributed by atoms with E-state index in [0.29, 0.717) is 11.4 Å². The van der Waals surface area contributed by atoms with Crippen LogP contribution in [0.1, 0.15) is 35.5 Å². The lowest BCUT2D eigenvalue weighted by Gasteiger charge is -2.28. The summed E-state index contributed by atoms with van der Waals surface area (Å²) in [6, 6.07) is 0. The quantitative estimate of drug-likeness (QED) is 0.908. The fraction of sp³-hybridized carbons (Fsp3) is 0.583. The Morgan fingerprint density at radius 3 is 2.44 bits per heavy atom. The number of aromatic nitrogens is 1. The molecule has 0 unspecified atom stereocenters. The van der Waals surface area contributed by atoms with Crippen LogP contribution in [-0.4, -0.2) is 40.0 Å². The van der Waals surface area contributed by atoms with Crippen molar-refractivity contribution in [3.8, 4) is 0 Å². The van der Waals surface area contributed by atoms with Gasteiger partial charge in [-0.05, 0) is 12.3 Å². The molecule has 18 heavy (non-hydrogen) atoms. The Balaban J connectivity index is 2.88. The van der Waals surface area contributed by atoms with E-state index in [1.165, 1.54) is 22.4 Å². The molecule has 6 heteroatoms. The summed E-state index contributed by atoms with van der Waals surface area (Å²) < 4.78 is 0. The lowest BCUT2D eigenvalue weighted by atomic mass is 9.96. The van der Waals surface area contributed by atoms with Crippen molar-refractivity contribution in [2.75, 3.05) is 13.1 Å². The van der Waals surface area contributed by atoms with Crippen molar-refractivity contribution in [3.05, 3.63) is 16.1 Å². The predicted molar refractivity (Wildman–Crippen MR) is 69.8 cm³/mol. The van der Waals surface area contributed by atoms with Crippen molar-refractivity contribution in [1.82, 2.24) is 9.88 Å². The molecule has 0 aliphatic rings. The summed E-state index contributed by atoms with van der Waals surface area (Å²) in [6.45, 7) is 7.82. The van der Waals surface area contributed by atoms with E-state index in [-0.39, 0.29) is 17.9 Å². The van der Waals surface area contributed by atoms with E-state index in [1.54, 1.807) is 0 Å². The average Bonchev–Trinajstić information content (AvgIpc) is 2.59. The fourth-order valence-corrected chi connectivity index (χ4v) is 2.30. The number of hydrogen-bond acceptors (Lipinski definition) is 4. The average molecular weight is 270 g/mol. The summed E-state index contributed by atoms with van der Waals surface area (Å²) in [7, 11) is 0. The van der Waals surface area contributed by atoms with E-state index >= 15 is 0 Å². The third-order valence-corrected chi connectivity index (χ3v) is 3.01. The Morgan fingerprint density at radius 2 is 2.06 bits per heavy atom. The highest BCUT2D eigenvalue weighted by molar-refractivity contribution is 7.13. The first-order chi connectivity index (χ1) is 8.19. The number of rotatable bonds is 4. The number of hydrogen-bond donors (Lipinski definition) is 1. The van der Waals surface area contributed by atoms with Gasteiger partial charge < -0.3 is 10.0 Å². The molecule has 1 amide bonds. The number of carboxylic acid groups (broad SMARTS) is 1. The monoisotopic (exact) mass is 270 g/mol. The van der Waals surface area contributed by atoms with Crippen molar-refractivity contribution in [3.63, 3.8) is 0 Å². The summed E-state index contributed by atoms with van der Waals surface area (Å²) in [4.78, 5) is 28.9. The van der Waals surface area contributed by atoms with Crippen LogP contribution in [0.4, 0.5) is 0 Å². The molecule has 0 radical (unpaired) electrons. The van der Waals surface area contributed by atoms with Gasteiger partial charge >= 0.3 is 5.97 Å². The summed E-state index contributed by atoms with van der Waals surface area (Å²) in [6.07, 6.45) is 1.50. The number of carboxylic acids is 1. The van der Waals surface area contributed by atoms with Gasteiger partial charge in [0.05, 0.1) is 11.2 Å². The molecule has 1 rings (SSSR count). The van der Waals surface area contributed by atoms with Crippen molar-refractivity contribution in [2.45, 2.75) is 27.7 Å². The van der Waals surface area contributed by atoms with Crippen LogP contribution >= 0.6 is 11.3 Å². The number of aryl methyl sites for hydroxylation is 1. The Labute approximate surface area is 110 Å². The second-order valence-corrected chi connectivity index (χ2v) is 6.59. The van der Waals surface area contributed by atoms with Crippen LogP contribution in [0.25, 0.3) is 0 Å². The minimum atomic E-state index is -1.01. The third-order valence-electron chi connectivity index (χ3n) is 2.11. The zero-order valence-corrected chi connectivity index (χ0v) is 11.9. The summed E-state index contributed by atoms with van der Waals surface area (Å²) >= 11 is 1.28. The summed E-state index contributed by atoms with van der Waals surface area (Å²) in [5, 5.41) is 9.67. The molecule has 0 saturated heterocycles. The lowest BCUT2D eigenvalue weighted by Crippen LogP contribution is -2.40. The molecule has 1 aromatic rings. The maximum absolute atomic E-state index is 12.2. The Kier molecular flexibility index (Phi) is 4.45. The highest BCUT2D eigenvalue weighted by Gasteiger charge is 2.25. The van der Waals surface area contributed by atoms with Crippen molar-refractivity contribution in [1.29, 1.82) is 0 Å². The largest absolute Gasteiger partial charge is 0.480 e. The second-order valence-electron chi connectivity index (χ2n) is 5.36. The number of carbonyl (C=O) groups excluding carboxylic acids is 1. The standard InChI is InChI=1S/C12H18N2O3S/c1-8-13-5-9(18-8)11(17)14(6-10(15)16)7-12(2,3)4/h5H,6-7H2,1-4H3,(H,15,16). The highest BCUT2D eigenvalue weighted by atomic mass is 32.1. The molecular formula is C12H18N2O3S. The molecule has 1 aromatic heterocycles. The van der Waals surface area contributed by atoms with Gasteiger partial charge in [0.25, 0.3) is 5.91 Å². The van der Waals surface area contributed by atoms with Crippen LogP contribution in [0, 0.1) is 12.3 Å². The van der Waals surface area contributed by atoms with Crippen molar-refractivity contribution in [2.24, 2.45) is 5.41 Å². The number of thiazole rings is 1. The second kappa shape index (κ2) is 5.48.